The van der Waals surface area contributed by atoms with Crippen LogP contribution in [0.1, 0.15) is 79.7 Å². The number of benzene rings is 1. The van der Waals surface area contributed by atoms with E-state index in [9.17, 15) is 5.11 Å². The summed E-state index contributed by atoms with van der Waals surface area (Å²) in [5, 5.41) is 11.7. The average molecular weight is 373 g/mol. The fourth-order valence-corrected chi connectivity index (χ4v) is 13.5. The van der Waals surface area contributed by atoms with Gasteiger partial charge in [-0.2, -0.15) is 0 Å². The molecule has 0 saturated heterocycles. The molecule has 0 radical (unpaired) electrons. The average Bonchev–Trinajstić information content (AvgIpc) is 2.58. The molecule has 0 fully saturated rings. The van der Waals surface area contributed by atoms with E-state index in [1.807, 2.05) is 18.2 Å². The van der Waals surface area contributed by atoms with Gasteiger partial charge >= 0.3 is 0 Å². The van der Waals surface area contributed by atoms with Crippen LogP contribution in [0.3, 0.4) is 0 Å². The van der Waals surface area contributed by atoms with Gasteiger partial charge < -0.3 is 5.11 Å². The summed E-state index contributed by atoms with van der Waals surface area (Å²) in [5.74, 6) is 0. The van der Waals surface area contributed by atoms with E-state index in [1.165, 1.54) is 12.8 Å². The summed E-state index contributed by atoms with van der Waals surface area (Å²) in [5.41, 5.74) is 6.61. The van der Waals surface area contributed by atoms with Crippen molar-refractivity contribution in [2.75, 3.05) is 0 Å². The van der Waals surface area contributed by atoms with Gasteiger partial charge in [0.15, 0.2) is 0 Å². The third-order valence-electron chi connectivity index (χ3n) is 6.36. The minimum atomic E-state index is -2.25. The van der Waals surface area contributed by atoms with E-state index in [2.05, 4.69) is 72.9 Å². The first-order valence-corrected chi connectivity index (χ1v) is 12.6. The summed E-state index contributed by atoms with van der Waals surface area (Å²) < 4.78 is 0. The minimum absolute atomic E-state index is 0.447. The Bertz CT molecular complexity index is 574. The lowest BCUT2D eigenvalue weighted by molar-refractivity contribution is 0.140. The fraction of sp³-hybridized carbons (Fsp3) is 0.625. The standard InChI is InChI=1S/C24H40OSi/c1-9-11-13-16-22(10-2)24(25,23-17-14-12-15-18-23)26(19(3)4,20(5)6)21(7)8/h12,14-15,17-21,25H,2,9,11,13,16H2,1,3-8H3. The number of aliphatic hydroxyl groups is 1. The van der Waals surface area contributed by atoms with E-state index in [0.717, 1.165) is 24.0 Å². The maximum atomic E-state index is 12.6. The highest BCUT2D eigenvalue weighted by Gasteiger charge is 2.60. The Morgan fingerprint density at radius 2 is 1.50 bits per heavy atom. The number of hydrogen-bond donors (Lipinski definition) is 1. The van der Waals surface area contributed by atoms with E-state index >= 15 is 0 Å². The van der Waals surface area contributed by atoms with Gasteiger partial charge in [-0.05, 0) is 35.0 Å². The molecule has 0 amide bonds. The quantitative estimate of drug-likeness (QED) is 0.258. The predicted octanol–water partition coefficient (Wildman–Crippen LogP) is 7.38. The van der Waals surface area contributed by atoms with Gasteiger partial charge in [-0.15, -0.1) is 5.73 Å². The third kappa shape index (κ3) is 3.93. The highest BCUT2D eigenvalue weighted by atomic mass is 28.3. The molecule has 0 aliphatic rings. The molecule has 0 saturated carbocycles. The van der Waals surface area contributed by atoms with Crippen LogP contribution < -0.4 is 0 Å². The van der Waals surface area contributed by atoms with Crippen LogP contribution in [0.15, 0.2) is 48.2 Å². The Balaban J connectivity index is 3.76. The predicted molar refractivity (Wildman–Crippen MR) is 118 cm³/mol. The number of hydrogen-bond acceptors (Lipinski definition) is 1. The molecular weight excluding hydrogens is 332 g/mol. The van der Waals surface area contributed by atoms with Crippen LogP contribution in [0.4, 0.5) is 0 Å². The van der Waals surface area contributed by atoms with Gasteiger partial charge in [-0.1, -0.05) is 98.2 Å². The maximum Gasteiger partial charge on any atom is 0.111 e. The summed E-state index contributed by atoms with van der Waals surface area (Å²) in [6.07, 6.45) is 4.32. The Kier molecular flexibility index (Phi) is 8.60. The summed E-state index contributed by atoms with van der Waals surface area (Å²) in [7, 11) is -2.25. The molecule has 2 heteroatoms. The Morgan fingerprint density at radius 3 is 1.88 bits per heavy atom. The van der Waals surface area contributed by atoms with Gasteiger partial charge in [-0.3, -0.25) is 0 Å². The van der Waals surface area contributed by atoms with Gasteiger partial charge in [0.2, 0.25) is 0 Å². The highest BCUT2D eigenvalue weighted by molar-refractivity contribution is 6.86. The topological polar surface area (TPSA) is 20.2 Å². The normalized spacial score (nSPS) is 14.6. The number of rotatable bonds is 10. The summed E-state index contributed by atoms with van der Waals surface area (Å²) in [4.78, 5) is 0. The van der Waals surface area contributed by atoms with Crippen molar-refractivity contribution in [1.29, 1.82) is 0 Å². The van der Waals surface area contributed by atoms with Crippen molar-refractivity contribution >= 4 is 8.07 Å². The molecule has 26 heavy (non-hydrogen) atoms. The minimum Gasteiger partial charge on any atom is -0.384 e. The zero-order chi connectivity index (χ0) is 20.0. The second kappa shape index (κ2) is 9.74. The summed E-state index contributed by atoms with van der Waals surface area (Å²) >= 11 is 0. The molecule has 0 aliphatic heterocycles. The molecule has 1 aromatic rings. The number of unbranched alkanes of at least 4 members (excludes halogenated alkanes) is 2. The van der Waals surface area contributed by atoms with Crippen molar-refractivity contribution in [3.05, 3.63) is 53.8 Å². The van der Waals surface area contributed by atoms with Crippen molar-refractivity contribution in [2.24, 2.45) is 0 Å². The van der Waals surface area contributed by atoms with E-state index in [4.69, 9.17) is 0 Å². The Labute approximate surface area is 163 Å². The Hall–Kier alpha value is -1.08. The molecule has 0 aliphatic carbocycles. The molecule has 0 spiro atoms. The molecule has 0 aromatic heterocycles. The second-order valence-electron chi connectivity index (χ2n) is 8.59. The molecule has 0 bridgehead atoms. The van der Waals surface area contributed by atoms with Crippen molar-refractivity contribution in [1.82, 2.24) is 0 Å². The zero-order valence-electron chi connectivity index (χ0n) is 18.1. The van der Waals surface area contributed by atoms with Crippen molar-refractivity contribution in [3.8, 4) is 0 Å². The van der Waals surface area contributed by atoms with Crippen LogP contribution in [0.2, 0.25) is 16.6 Å². The van der Waals surface area contributed by atoms with Gasteiger partial charge in [0.05, 0.1) is 0 Å². The smallest absolute Gasteiger partial charge is 0.111 e. The van der Waals surface area contributed by atoms with Crippen LogP contribution in [0.25, 0.3) is 0 Å². The highest BCUT2D eigenvalue weighted by Crippen LogP contribution is 2.55. The van der Waals surface area contributed by atoms with Crippen LogP contribution in [-0.4, -0.2) is 13.2 Å². The van der Waals surface area contributed by atoms with Gasteiger partial charge in [-0.25, -0.2) is 0 Å². The van der Waals surface area contributed by atoms with Gasteiger partial charge in [0, 0.05) is 5.57 Å². The maximum absolute atomic E-state index is 12.6. The molecule has 1 nitrogen and oxygen atoms in total. The fourth-order valence-electron chi connectivity index (χ4n) is 5.57. The molecule has 1 N–H and O–H groups in total. The zero-order valence-corrected chi connectivity index (χ0v) is 19.1. The van der Waals surface area contributed by atoms with Crippen molar-refractivity contribution < 1.29 is 5.11 Å². The molecule has 0 heterocycles. The van der Waals surface area contributed by atoms with E-state index < -0.39 is 13.3 Å². The lowest BCUT2D eigenvalue weighted by atomic mass is 9.96. The first-order valence-electron chi connectivity index (χ1n) is 10.4. The lowest BCUT2D eigenvalue weighted by Crippen LogP contribution is -2.63. The summed E-state index contributed by atoms with van der Waals surface area (Å²) in [6, 6.07) is 10.3. The SMILES string of the molecule is C=C=C(CCCCC)C(O)(c1ccccc1)[Si](C(C)C)(C(C)C)C(C)C. The molecule has 1 aromatic carbocycles. The largest absolute Gasteiger partial charge is 0.384 e. The van der Waals surface area contributed by atoms with Crippen LogP contribution >= 0.6 is 0 Å². The monoisotopic (exact) mass is 372 g/mol. The van der Waals surface area contributed by atoms with Crippen LogP contribution in [0.5, 0.6) is 0 Å². The summed E-state index contributed by atoms with van der Waals surface area (Å²) in [6.45, 7) is 20.1. The molecule has 1 unspecified atom stereocenters. The molecule has 1 rings (SSSR count). The lowest BCUT2D eigenvalue weighted by Gasteiger charge is -2.55. The first kappa shape index (κ1) is 23.0. The van der Waals surface area contributed by atoms with Gasteiger partial charge in [0.25, 0.3) is 0 Å². The van der Waals surface area contributed by atoms with Crippen LogP contribution in [0, 0.1) is 0 Å². The van der Waals surface area contributed by atoms with Gasteiger partial charge in [0.1, 0.15) is 13.3 Å². The third-order valence-corrected chi connectivity index (χ3v) is 13.9. The molecular formula is C24H40OSi. The van der Waals surface area contributed by atoms with Crippen LogP contribution in [-0.2, 0) is 5.22 Å². The molecule has 1 atom stereocenters. The Morgan fingerprint density at radius 1 is 1.00 bits per heavy atom. The van der Waals surface area contributed by atoms with E-state index in [-0.39, 0.29) is 0 Å². The van der Waals surface area contributed by atoms with E-state index in [1.54, 1.807) is 0 Å². The van der Waals surface area contributed by atoms with Crippen molar-refractivity contribution in [3.63, 3.8) is 0 Å². The molecule has 146 valence electrons. The van der Waals surface area contributed by atoms with E-state index in [0.29, 0.717) is 16.6 Å². The second-order valence-corrected chi connectivity index (χ2v) is 14.6. The first-order chi connectivity index (χ1) is 12.2. The van der Waals surface area contributed by atoms with Crippen molar-refractivity contribution in [2.45, 2.75) is 96.0 Å².